The molecule has 2 aromatic carbocycles. The first-order valence-electron chi connectivity index (χ1n) is 9.21. The standard InChI is InChI=1S/C22H26N2O4/c1-5-13-28-20(26)15-9-11-17(12-10-15)23-19(25)16-7-6-8-18(14-16)24-21(27)22(2,3)4/h6-12,14H,5,13H2,1-4H3,(H,23,25)(H,24,27). The summed E-state index contributed by atoms with van der Waals surface area (Å²) in [5.74, 6) is -0.828. The minimum Gasteiger partial charge on any atom is -0.462 e. The highest BCUT2D eigenvalue weighted by molar-refractivity contribution is 6.05. The summed E-state index contributed by atoms with van der Waals surface area (Å²) in [6, 6.07) is 13.2. The van der Waals surface area contributed by atoms with E-state index in [0.29, 0.717) is 29.1 Å². The van der Waals surface area contributed by atoms with Gasteiger partial charge < -0.3 is 15.4 Å². The van der Waals surface area contributed by atoms with Gasteiger partial charge in [0, 0.05) is 22.4 Å². The van der Waals surface area contributed by atoms with E-state index in [1.165, 1.54) is 0 Å². The minimum absolute atomic E-state index is 0.129. The van der Waals surface area contributed by atoms with Crippen molar-refractivity contribution in [3.63, 3.8) is 0 Å². The highest BCUT2D eigenvalue weighted by Gasteiger charge is 2.21. The fraction of sp³-hybridized carbons (Fsp3) is 0.318. The molecule has 0 spiro atoms. The van der Waals surface area contributed by atoms with Crippen molar-refractivity contribution >= 4 is 29.2 Å². The van der Waals surface area contributed by atoms with E-state index < -0.39 is 5.41 Å². The van der Waals surface area contributed by atoms with E-state index in [0.717, 1.165) is 6.42 Å². The van der Waals surface area contributed by atoms with Crippen LogP contribution in [-0.4, -0.2) is 24.4 Å². The van der Waals surface area contributed by atoms with E-state index in [2.05, 4.69) is 10.6 Å². The summed E-state index contributed by atoms with van der Waals surface area (Å²) in [6.45, 7) is 7.76. The van der Waals surface area contributed by atoms with Gasteiger partial charge in [0.15, 0.2) is 0 Å². The van der Waals surface area contributed by atoms with Gasteiger partial charge in [-0.3, -0.25) is 9.59 Å². The second kappa shape index (κ2) is 9.17. The Hall–Kier alpha value is -3.15. The molecule has 0 saturated carbocycles. The summed E-state index contributed by atoms with van der Waals surface area (Å²) < 4.78 is 5.08. The Bertz CT molecular complexity index is 852. The van der Waals surface area contributed by atoms with Crippen LogP contribution in [0.4, 0.5) is 11.4 Å². The van der Waals surface area contributed by atoms with Crippen LogP contribution in [0, 0.1) is 5.41 Å². The number of carbonyl (C=O) groups is 3. The second-order valence-corrected chi connectivity index (χ2v) is 7.45. The molecule has 2 amide bonds. The Morgan fingerprint density at radius 2 is 1.57 bits per heavy atom. The lowest BCUT2D eigenvalue weighted by atomic mass is 9.95. The average Bonchev–Trinajstić information content (AvgIpc) is 2.66. The molecule has 0 unspecified atom stereocenters. The number of rotatable bonds is 6. The second-order valence-electron chi connectivity index (χ2n) is 7.45. The maximum absolute atomic E-state index is 12.5. The van der Waals surface area contributed by atoms with E-state index in [1.807, 2.05) is 27.7 Å². The first kappa shape index (κ1) is 21.2. The number of ether oxygens (including phenoxy) is 1. The van der Waals surface area contributed by atoms with Crippen LogP contribution < -0.4 is 10.6 Å². The van der Waals surface area contributed by atoms with Gasteiger partial charge in [0.05, 0.1) is 12.2 Å². The molecule has 0 heterocycles. The molecular formula is C22H26N2O4. The SMILES string of the molecule is CCCOC(=O)c1ccc(NC(=O)c2cccc(NC(=O)C(C)(C)C)c2)cc1. The molecule has 0 aliphatic carbocycles. The normalized spacial score (nSPS) is 10.9. The molecule has 2 N–H and O–H groups in total. The van der Waals surface area contributed by atoms with Gasteiger partial charge in [0.1, 0.15) is 0 Å². The lowest BCUT2D eigenvalue weighted by Crippen LogP contribution is -2.27. The van der Waals surface area contributed by atoms with Crippen molar-refractivity contribution in [1.29, 1.82) is 0 Å². The Morgan fingerprint density at radius 3 is 2.18 bits per heavy atom. The molecule has 0 fully saturated rings. The molecule has 0 aromatic heterocycles. The maximum atomic E-state index is 12.5. The van der Waals surface area contributed by atoms with Crippen LogP contribution in [0.25, 0.3) is 0 Å². The van der Waals surface area contributed by atoms with Crippen LogP contribution >= 0.6 is 0 Å². The largest absolute Gasteiger partial charge is 0.462 e. The van der Waals surface area contributed by atoms with Gasteiger partial charge in [-0.1, -0.05) is 33.8 Å². The van der Waals surface area contributed by atoms with E-state index in [9.17, 15) is 14.4 Å². The fourth-order valence-corrected chi connectivity index (χ4v) is 2.23. The van der Waals surface area contributed by atoms with Crippen LogP contribution in [0.15, 0.2) is 48.5 Å². The molecule has 28 heavy (non-hydrogen) atoms. The highest BCUT2D eigenvalue weighted by atomic mass is 16.5. The predicted molar refractivity (Wildman–Crippen MR) is 109 cm³/mol. The molecule has 6 heteroatoms. The van der Waals surface area contributed by atoms with Gasteiger partial charge in [-0.2, -0.15) is 0 Å². The summed E-state index contributed by atoms with van der Waals surface area (Å²) in [5.41, 5.74) is 1.43. The molecule has 0 radical (unpaired) electrons. The summed E-state index contributed by atoms with van der Waals surface area (Å²) in [5, 5.41) is 5.58. The van der Waals surface area contributed by atoms with E-state index in [1.54, 1.807) is 48.5 Å². The van der Waals surface area contributed by atoms with E-state index >= 15 is 0 Å². The number of nitrogens with one attached hydrogen (secondary N) is 2. The van der Waals surface area contributed by atoms with E-state index in [-0.39, 0.29) is 17.8 Å². The fourth-order valence-electron chi connectivity index (χ4n) is 2.23. The van der Waals surface area contributed by atoms with Gasteiger partial charge in [-0.05, 0) is 48.9 Å². The number of benzene rings is 2. The zero-order chi connectivity index (χ0) is 20.7. The number of anilines is 2. The topological polar surface area (TPSA) is 84.5 Å². The molecule has 0 atom stereocenters. The van der Waals surface area contributed by atoms with Crippen LogP contribution in [0.1, 0.15) is 54.8 Å². The van der Waals surface area contributed by atoms with Gasteiger partial charge in [-0.25, -0.2) is 4.79 Å². The van der Waals surface area contributed by atoms with Crippen molar-refractivity contribution in [1.82, 2.24) is 0 Å². The molecule has 0 aliphatic heterocycles. The zero-order valence-corrected chi connectivity index (χ0v) is 16.7. The summed E-state index contributed by atoms with van der Waals surface area (Å²) in [6.07, 6.45) is 0.759. The van der Waals surface area contributed by atoms with Crippen molar-refractivity contribution in [2.24, 2.45) is 5.41 Å². The quantitative estimate of drug-likeness (QED) is 0.721. The van der Waals surface area contributed by atoms with Crippen molar-refractivity contribution in [2.45, 2.75) is 34.1 Å². The smallest absolute Gasteiger partial charge is 0.338 e. The Morgan fingerprint density at radius 1 is 0.893 bits per heavy atom. The molecule has 6 nitrogen and oxygen atoms in total. The molecule has 0 aliphatic rings. The zero-order valence-electron chi connectivity index (χ0n) is 16.7. The van der Waals surface area contributed by atoms with Gasteiger partial charge in [-0.15, -0.1) is 0 Å². The first-order valence-corrected chi connectivity index (χ1v) is 9.21. The van der Waals surface area contributed by atoms with Crippen molar-refractivity contribution in [3.8, 4) is 0 Å². The first-order chi connectivity index (χ1) is 13.2. The highest BCUT2D eigenvalue weighted by Crippen LogP contribution is 2.19. The van der Waals surface area contributed by atoms with Crippen molar-refractivity contribution in [3.05, 3.63) is 59.7 Å². The van der Waals surface area contributed by atoms with Crippen LogP contribution in [0.2, 0.25) is 0 Å². The van der Waals surface area contributed by atoms with Gasteiger partial charge in [0.25, 0.3) is 5.91 Å². The predicted octanol–water partition coefficient (Wildman–Crippen LogP) is 4.49. The molecule has 2 rings (SSSR count). The lowest BCUT2D eigenvalue weighted by Gasteiger charge is -2.18. The van der Waals surface area contributed by atoms with Crippen LogP contribution in [-0.2, 0) is 9.53 Å². The van der Waals surface area contributed by atoms with Crippen molar-refractivity contribution < 1.29 is 19.1 Å². The molecule has 0 saturated heterocycles. The van der Waals surface area contributed by atoms with Crippen LogP contribution in [0.5, 0.6) is 0 Å². The Balaban J connectivity index is 2.04. The molecule has 2 aromatic rings. The number of amides is 2. The minimum atomic E-state index is -0.529. The third-order valence-electron chi connectivity index (χ3n) is 3.88. The third kappa shape index (κ3) is 5.94. The summed E-state index contributed by atoms with van der Waals surface area (Å²) in [7, 11) is 0. The number of carbonyl (C=O) groups excluding carboxylic acids is 3. The number of hydrogen-bond acceptors (Lipinski definition) is 4. The van der Waals surface area contributed by atoms with Gasteiger partial charge >= 0.3 is 5.97 Å². The lowest BCUT2D eigenvalue weighted by molar-refractivity contribution is -0.123. The van der Waals surface area contributed by atoms with Crippen molar-refractivity contribution in [2.75, 3.05) is 17.2 Å². The molecular weight excluding hydrogens is 356 g/mol. The summed E-state index contributed by atoms with van der Waals surface area (Å²) in [4.78, 5) is 36.4. The summed E-state index contributed by atoms with van der Waals surface area (Å²) >= 11 is 0. The van der Waals surface area contributed by atoms with Gasteiger partial charge in [0.2, 0.25) is 5.91 Å². The maximum Gasteiger partial charge on any atom is 0.338 e. The van der Waals surface area contributed by atoms with Crippen LogP contribution in [0.3, 0.4) is 0 Å². The number of hydrogen-bond donors (Lipinski definition) is 2. The average molecular weight is 382 g/mol. The monoisotopic (exact) mass is 382 g/mol. The molecule has 148 valence electrons. The van der Waals surface area contributed by atoms with E-state index in [4.69, 9.17) is 4.74 Å². The Labute approximate surface area is 165 Å². The number of esters is 1. The third-order valence-corrected chi connectivity index (χ3v) is 3.88. The molecule has 0 bridgehead atoms. The Kier molecular flexibility index (Phi) is 6.93.